The Morgan fingerprint density at radius 3 is 2.52 bits per heavy atom. The summed E-state index contributed by atoms with van der Waals surface area (Å²) in [5.41, 5.74) is 2.65. The summed E-state index contributed by atoms with van der Waals surface area (Å²) in [5, 5.41) is 12.1. The van der Waals surface area contributed by atoms with Gasteiger partial charge in [0, 0.05) is 30.9 Å². The minimum absolute atomic E-state index is 0.0933. The highest BCUT2D eigenvalue weighted by atomic mass is 16.3. The van der Waals surface area contributed by atoms with Gasteiger partial charge < -0.3 is 10.4 Å². The fourth-order valence-electron chi connectivity index (χ4n) is 2.95. The molecule has 2 aromatic carbocycles. The van der Waals surface area contributed by atoms with Gasteiger partial charge in [-0.25, -0.2) is 0 Å². The van der Waals surface area contributed by atoms with Crippen molar-refractivity contribution in [2.75, 3.05) is 25.0 Å². The largest absolute Gasteiger partial charge is 0.396 e. The van der Waals surface area contributed by atoms with Crippen LogP contribution in [0, 0.1) is 5.92 Å². The van der Waals surface area contributed by atoms with Gasteiger partial charge >= 0.3 is 0 Å². The maximum atomic E-state index is 12.2. The predicted octanol–water partition coefficient (Wildman–Crippen LogP) is 2.75. The van der Waals surface area contributed by atoms with E-state index in [1.165, 1.54) is 5.56 Å². The molecule has 1 atom stereocenters. The molecule has 4 heteroatoms. The van der Waals surface area contributed by atoms with E-state index in [9.17, 15) is 9.90 Å². The number of nitrogens with one attached hydrogen (secondary N) is 1. The van der Waals surface area contributed by atoms with Gasteiger partial charge in [-0.15, -0.1) is 0 Å². The lowest BCUT2D eigenvalue weighted by atomic mass is 10.1. The van der Waals surface area contributed by atoms with Crippen molar-refractivity contribution >= 4 is 11.6 Å². The summed E-state index contributed by atoms with van der Waals surface area (Å²) in [6.45, 7) is 3.13. The number of nitrogens with zero attached hydrogens (tertiary/aromatic N) is 1. The standard InChI is InChI=1S/C19H22N2O2/c22-14-16-10-11-21(13-16)12-15-6-8-17(9-7-15)19(23)20-18-4-2-1-3-5-18/h1-9,16,22H,10-14H2,(H,20,23). The van der Waals surface area contributed by atoms with Gasteiger partial charge in [-0.05, 0) is 48.7 Å². The van der Waals surface area contributed by atoms with Crippen molar-refractivity contribution in [3.8, 4) is 0 Å². The number of aliphatic hydroxyl groups is 1. The SMILES string of the molecule is O=C(Nc1ccccc1)c1ccc(CN2CCC(CO)C2)cc1. The number of hydrogen-bond donors (Lipinski definition) is 2. The Bertz CT molecular complexity index is 640. The van der Waals surface area contributed by atoms with Gasteiger partial charge in [0.25, 0.3) is 5.91 Å². The highest BCUT2D eigenvalue weighted by Crippen LogP contribution is 2.18. The molecule has 1 heterocycles. The third-order valence-electron chi connectivity index (χ3n) is 4.28. The van der Waals surface area contributed by atoms with Gasteiger partial charge in [0.05, 0.1) is 0 Å². The topological polar surface area (TPSA) is 52.6 Å². The van der Waals surface area contributed by atoms with Gasteiger partial charge in [-0.3, -0.25) is 9.69 Å². The monoisotopic (exact) mass is 310 g/mol. The third kappa shape index (κ3) is 4.18. The lowest BCUT2D eigenvalue weighted by Gasteiger charge is -2.15. The molecule has 0 bridgehead atoms. The number of carbonyl (C=O) groups excluding carboxylic acids is 1. The van der Waals surface area contributed by atoms with E-state index in [1.807, 2.05) is 54.6 Å². The molecule has 1 unspecified atom stereocenters. The van der Waals surface area contributed by atoms with Crippen LogP contribution in [0.1, 0.15) is 22.3 Å². The van der Waals surface area contributed by atoms with Crippen LogP contribution in [-0.4, -0.2) is 35.6 Å². The number of benzene rings is 2. The Labute approximate surface area is 136 Å². The van der Waals surface area contributed by atoms with Crippen LogP contribution in [0.15, 0.2) is 54.6 Å². The summed E-state index contributed by atoms with van der Waals surface area (Å²) >= 11 is 0. The molecule has 120 valence electrons. The molecule has 0 spiro atoms. The van der Waals surface area contributed by atoms with Crippen molar-refractivity contribution in [1.82, 2.24) is 4.90 Å². The summed E-state index contributed by atoms with van der Waals surface area (Å²) in [4.78, 5) is 14.5. The fourth-order valence-corrected chi connectivity index (χ4v) is 2.95. The Balaban J connectivity index is 1.57. The van der Waals surface area contributed by atoms with E-state index < -0.39 is 0 Å². The van der Waals surface area contributed by atoms with E-state index >= 15 is 0 Å². The first kappa shape index (κ1) is 15.7. The number of anilines is 1. The van der Waals surface area contributed by atoms with E-state index in [0.29, 0.717) is 11.5 Å². The van der Waals surface area contributed by atoms with Crippen molar-refractivity contribution in [3.63, 3.8) is 0 Å². The molecule has 0 aliphatic carbocycles. The minimum atomic E-state index is -0.0933. The maximum Gasteiger partial charge on any atom is 0.255 e. The predicted molar refractivity (Wildman–Crippen MR) is 91.3 cm³/mol. The van der Waals surface area contributed by atoms with E-state index in [-0.39, 0.29) is 12.5 Å². The molecule has 1 saturated heterocycles. The van der Waals surface area contributed by atoms with Crippen LogP contribution >= 0.6 is 0 Å². The Kier molecular flexibility index (Phi) is 5.05. The molecule has 1 aliphatic rings. The van der Waals surface area contributed by atoms with Crippen LogP contribution in [0.3, 0.4) is 0 Å². The summed E-state index contributed by atoms with van der Waals surface area (Å²) in [6.07, 6.45) is 1.06. The zero-order valence-corrected chi connectivity index (χ0v) is 13.1. The molecule has 1 fully saturated rings. The average molecular weight is 310 g/mol. The van der Waals surface area contributed by atoms with Gasteiger partial charge in [0.1, 0.15) is 0 Å². The lowest BCUT2D eigenvalue weighted by molar-refractivity contribution is 0.102. The summed E-state index contributed by atoms with van der Waals surface area (Å²) in [6, 6.07) is 17.2. The normalized spacial score (nSPS) is 18.0. The maximum absolute atomic E-state index is 12.2. The van der Waals surface area contributed by atoms with E-state index in [2.05, 4.69) is 10.2 Å². The molecular weight excluding hydrogens is 288 g/mol. The van der Waals surface area contributed by atoms with E-state index in [4.69, 9.17) is 0 Å². The summed E-state index contributed by atoms with van der Waals surface area (Å²) in [5.74, 6) is 0.315. The van der Waals surface area contributed by atoms with Crippen molar-refractivity contribution < 1.29 is 9.90 Å². The highest BCUT2D eigenvalue weighted by molar-refractivity contribution is 6.04. The van der Waals surface area contributed by atoms with Crippen LogP contribution in [0.5, 0.6) is 0 Å². The number of carbonyl (C=O) groups is 1. The van der Waals surface area contributed by atoms with Crippen molar-refractivity contribution in [2.45, 2.75) is 13.0 Å². The number of hydrogen-bond acceptors (Lipinski definition) is 3. The van der Waals surface area contributed by atoms with E-state index in [1.54, 1.807) is 0 Å². The Morgan fingerprint density at radius 2 is 1.87 bits per heavy atom. The molecule has 0 saturated carbocycles. The van der Waals surface area contributed by atoms with Crippen LogP contribution in [0.4, 0.5) is 5.69 Å². The highest BCUT2D eigenvalue weighted by Gasteiger charge is 2.21. The molecule has 0 radical (unpaired) electrons. The van der Waals surface area contributed by atoms with Gasteiger partial charge in [0.2, 0.25) is 0 Å². The molecule has 3 rings (SSSR count). The first-order valence-corrected chi connectivity index (χ1v) is 8.03. The number of amides is 1. The molecular formula is C19H22N2O2. The molecule has 4 nitrogen and oxygen atoms in total. The zero-order chi connectivity index (χ0) is 16.1. The second-order valence-electron chi connectivity index (χ2n) is 6.09. The van der Waals surface area contributed by atoms with Crippen molar-refractivity contribution in [2.24, 2.45) is 5.92 Å². The Morgan fingerprint density at radius 1 is 1.13 bits per heavy atom. The first-order valence-electron chi connectivity index (χ1n) is 8.03. The van der Waals surface area contributed by atoms with Crippen molar-refractivity contribution in [1.29, 1.82) is 0 Å². The number of para-hydroxylation sites is 1. The van der Waals surface area contributed by atoms with Crippen LogP contribution in [0.25, 0.3) is 0 Å². The summed E-state index contributed by atoms with van der Waals surface area (Å²) in [7, 11) is 0. The van der Waals surface area contributed by atoms with Crippen LogP contribution < -0.4 is 5.32 Å². The molecule has 1 aliphatic heterocycles. The first-order chi connectivity index (χ1) is 11.2. The van der Waals surface area contributed by atoms with Crippen LogP contribution in [-0.2, 0) is 6.54 Å². The molecule has 2 aromatic rings. The van der Waals surface area contributed by atoms with E-state index in [0.717, 1.165) is 31.7 Å². The molecule has 1 amide bonds. The number of rotatable bonds is 5. The Hall–Kier alpha value is -2.17. The smallest absolute Gasteiger partial charge is 0.255 e. The zero-order valence-electron chi connectivity index (χ0n) is 13.1. The molecule has 0 aromatic heterocycles. The second-order valence-corrected chi connectivity index (χ2v) is 6.09. The molecule has 2 N–H and O–H groups in total. The average Bonchev–Trinajstić information content (AvgIpc) is 3.04. The third-order valence-corrected chi connectivity index (χ3v) is 4.28. The van der Waals surface area contributed by atoms with Crippen LogP contribution in [0.2, 0.25) is 0 Å². The number of aliphatic hydroxyl groups excluding tert-OH is 1. The van der Waals surface area contributed by atoms with Crippen molar-refractivity contribution in [3.05, 3.63) is 65.7 Å². The minimum Gasteiger partial charge on any atom is -0.396 e. The molecule has 23 heavy (non-hydrogen) atoms. The lowest BCUT2D eigenvalue weighted by Crippen LogP contribution is -2.21. The number of likely N-dealkylation sites (tertiary alicyclic amines) is 1. The second kappa shape index (κ2) is 7.40. The summed E-state index contributed by atoms with van der Waals surface area (Å²) < 4.78 is 0. The van der Waals surface area contributed by atoms with Gasteiger partial charge in [-0.1, -0.05) is 30.3 Å². The van der Waals surface area contributed by atoms with Gasteiger partial charge in [-0.2, -0.15) is 0 Å². The fraction of sp³-hybridized carbons (Fsp3) is 0.316. The van der Waals surface area contributed by atoms with Gasteiger partial charge in [0.15, 0.2) is 0 Å². The quantitative estimate of drug-likeness (QED) is 0.893.